The molecule has 0 aromatic carbocycles. The summed E-state index contributed by atoms with van der Waals surface area (Å²) in [5, 5.41) is 10.2. The van der Waals surface area contributed by atoms with Crippen molar-refractivity contribution in [3.63, 3.8) is 0 Å². The first-order valence-electron chi connectivity index (χ1n) is 5.80. The lowest BCUT2D eigenvalue weighted by Crippen LogP contribution is -2.49. The van der Waals surface area contributed by atoms with Gasteiger partial charge in [0.2, 0.25) is 0 Å². The fourth-order valence-corrected chi connectivity index (χ4v) is 1.87. The molecule has 2 unspecified atom stereocenters. The molecule has 1 saturated heterocycles. The molecule has 1 aliphatic rings. The van der Waals surface area contributed by atoms with E-state index in [4.69, 9.17) is 0 Å². The van der Waals surface area contributed by atoms with Crippen LogP contribution in [-0.4, -0.2) is 41.0 Å². The van der Waals surface area contributed by atoms with E-state index in [2.05, 4.69) is 4.90 Å². The van der Waals surface area contributed by atoms with Crippen molar-refractivity contribution in [2.75, 3.05) is 19.6 Å². The fraction of sp³-hybridized carbons (Fsp3) is 0.917. The Balaban J connectivity index is 2.50. The minimum atomic E-state index is -0.653. The maximum Gasteiger partial charge on any atom is 0.138 e. The van der Waals surface area contributed by atoms with Gasteiger partial charge in [0.1, 0.15) is 5.78 Å². The van der Waals surface area contributed by atoms with Gasteiger partial charge in [-0.1, -0.05) is 20.8 Å². The third-order valence-corrected chi connectivity index (χ3v) is 3.54. The molecule has 1 rings (SSSR count). The van der Waals surface area contributed by atoms with Crippen LogP contribution in [0.5, 0.6) is 0 Å². The number of rotatable bonds is 3. The average Bonchev–Trinajstić information content (AvgIpc) is 2.10. The summed E-state index contributed by atoms with van der Waals surface area (Å²) in [6, 6.07) is 0. The van der Waals surface area contributed by atoms with Crippen LogP contribution in [0.25, 0.3) is 0 Å². The highest BCUT2D eigenvalue weighted by Crippen LogP contribution is 2.20. The van der Waals surface area contributed by atoms with Gasteiger partial charge < -0.3 is 5.11 Å². The van der Waals surface area contributed by atoms with Crippen LogP contribution >= 0.6 is 0 Å². The van der Waals surface area contributed by atoms with Crippen LogP contribution in [0.1, 0.15) is 34.1 Å². The lowest BCUT2D eigenvalue weighted by Gasteiger charge is -2.37. The van der Waals surface area contributed by atoms with Gasteiger partial charge >= 0.3 is 0 Å². The summed E-state index contributed by atoms with van der Waals surface area (Å²) in [5.74, 6) is 0.725. The first-order chi connectivity index (χ1) is 6.83. The molecule has 3 heteroatoms. The summed E-state index contributed by atoms with van der Waals surface area (Å²) in [4.78, 5) is 13.6. The van der Waals surface area contributed by atoms with E-state index < -0.39 is 5.60 Å². The Morgan fingerprint density at radius 2 is 2.20 bits per heavy atom. The van der Waals surface area contributed by atoms with Crippen molar-refractivity contribution in [1.29, 1.82) is 0 Å². The Morgan fingerprint density at radius 1 is 1.60 bits per heavy atom. The number of β-amino-alcohol motifs (C(OH)–C–C–N with tert-alkyl or cyclic N) is 1. The van der Waals surface area contributed by atoms with Crippen molar-refractivity contribution in [2.24, 2.45) is 11.8 Å². The van der Waals surface area contributed by atoms with Crippen LogP contribution in [0.4, 0.5) is 0 Å². The van der Waals surface area contributed by atoms with Crippen LogP contribution in [0, 0.1) is 11.8 Å². The van der Waals surface area contributed by atoms with E-state index in [1.807, 2.05) is 27.7 Å². The molecule has 1 N–H and O–H groups in total. The summed E-state index contributed by atoms with van der Waals surface area (Å²) in [6.07, 6.45) is 0.634. The summed E-state index contributed by atoms with van der Waals surface area (Å²) in [5.41, 5.74) is -0.653. The number of ketones is 1. The maximum absolute atomic E-state index is 11.3. The normalized spacial score (nSPS) is 28.1. The molecule has 15 heavy (non-hydrogen) atoms. The van der Waals surface area contributed by atoms with Gasteiger partial charge in [-0.3, -0.25) is 9.69 Å². The monoisotopic (exact) mass is 213 g/mol. The number of hydrogen-bond acceptors (Lipinski definition) is 3. The number of likely N-dealkylation sites (tertiary alicyclic amines) is 1. The number of hydrogen-bond donors (Lipinski definition) is 1. The molecule has 88 valence electrons. The Bertz CT molecular complexity index is 236. The Hall–Kier alpha value is -0.410. The first-order valence-corrected chi connectivity index (χ1v) is 5.80. The molecule has 1 aliphatic heterocycles. The number of carbonyl (C=O) groups excluding carboxylic acids is 1. The van der Waals surface area contributed by atoms with Crippen molar-refractivity contribution < 1.29 is 9.90 Å². The number of piperidine rings is 1. The van der Waals surface area contributed by atoms with Gasteiger partial charge in [-0.25, -0.2) is 0 Å². The van der Waals surface area contributed by atoms with Gasteiger partial charge in [0.25, 0.3) is 0 Å². The maximum atomic E-state index is 11.3. The minimum absolute atomic E-state index is 0.127. The van der Waals surface area contributed by atoms with Gasteiger partial charge in [-0.05, 0) is 12.8 Å². The molecule has 2 atom stereocenters. The second kappa shape index (κ2) is 4.62. The van der Waals surface area contributed by atoms with Crippen molar-refractivity contribution in [2.45, 2.75) is 39.7 Å². The largest absolute Gasteiger partial charge is 0.389 e. The zero-order chi connectivity index (χ0) is 11.6. The van der Waals surface area contributed by atoms with E-state index >= 15 is 0 Å². The smallest absolute Gasteiger partial charge is 0.138 e. The highest BCUT2D eigenvalue weighted by molar-refractivity contribution is 5.81. The molecule has 0 saturated carbocycles. The number of aliphatic hydroxyl groups is 1. The molecule has 0 radical (unpaired) electrons. The lowest BCUT2D eigenvalue weighted by atomic mass is 9.90. The molecule has 0 spiro atoms. The van der Waals surface area contributed by atoms with Gasteiger partial charge in [0.15, 0.2) is 0 Å². The summed E-state index contributed by atoms with van der Waals surface area (Å²) < 4.78 is 0. The third kappa shape index (κ3) is 3.28. The zero-order valence-corrected chi connectivity index (χ0v) is 10.3. The molecule has 0 aromatic rings. The molecule has 1 heterocycles. The highest BCUT2D eigenvalue weighted by atomic mass is 16.3. The lowest BCUT2D eigenvalue weighted by molar-refractivity contribution is -0.127. The molecule has 0 aromatic heterocycles. The minimum Gasteiger partial charge on any atom is -0.389 e. The van der Waals surface area contributed by atoms with Crippen LogP contribution in [0.15, 0.2) is 0 Å². The van der Waals surface area contributed by atoms with Crippen molar-refractivity contribution in [3.8, 4) is 0 Å². The van der Waals surface area contributed by atoms with E-state index in [1.54, 1.807) is 0 Å². The average molecular weight is 213 g/mol. The van der Waals surface area contributed by atoms with E-state index in [9.17, 15) is 9.90 Å². The van der Waals surface area contributed by atoms with E-state index in [0.29, 0.717) is 18.7 Å². The Labute approximate surface area is 92.5 Å². The quantitative estimate of drug-likeness (QED) is 0.768. The summed E-state index contributed by atoms with van der Waals surface area (Å²) >= 11 is 0. The van der Waals surface area contributed by atoms with Crippen LogP contribution in [-0.2, 0) is 4.79 Å². The van der Waals surface area contributed by atoms with Crippen molar-refractivity contribution in [1.82, 2.24) is 4.90 Å². The van der Waals surface area contributed by atoms with Gasteiger partial charge in [0, 0.05) is 32.0 Å². The highest BCUT2D eigenvalue weighted by Gasteiger charge is 2.31. The van der Waals surface area contributed by atoms with Crippen molar-refractivity contribution in [3.05, 3.63) is 0 Å². The first kappa shape index (κ1) is 12.7. The molecule has 0 aliphatic carbocycles. The van der Waals surface area contributed by atoms with Crippen molar-refractivity contribution >= 4 is 5.78 Å². The summed E-state index contributed by atoms with van der Waals surface area (Å²) in [7, 11) is 0. The molecule has 0 amide bonds. The summed E-state index contributed by atoms with van der Waals surface area (Å²) in [6.45, 7) is 10.2. The fourth-order valence-electron chi connectivity index (χ4n) is 1.87. The SMILES string of the molecule is CC1CN(CC(C)(O)C(C)C)CCC1=O. The zero-order valence-electron chi connectivity index (χ0n) is 10.3. The Morgan fingerprint density at radius 3 is 2.67 bits per heavy atom. The second-order valence-electron chi connectivity index (χ2n) is 5.36. The predicted molar refractivity (Wildman–Crippen MR) is 60.7 cm³/mol. The third-order valence-electron chi connectivity index (χ3n) is 3.54. The topological polar surface area (TPSA) is 40.5 Å². The molecule has 1 fully saturated rings. The Kier molecular flexibility index (Phi) is 3.90. The number of Topliss-reactive ketones (excluding diaryl/α,β-unsaturated/α-hetero) is 1. The van der Waals surface area contributed by atoms with Gasteiger partial charge in [-0.15, -0.1) is 0 Å². The van der Waals surface area contributed by atoms with E-state index in [0.717, 1.165) is 13.1 Å². The van der Waals surface area contributed by atoms with E-state index in [1.165, 1.54) is 0 Å². The van der Waals surface area contributed by atoms with Gasteiger partial charge in [0.05, 0.1) is 5.60 Å². The predicted octanol–water partition coefficient (Wildman–Crippen LogP) is 1.30. The second-order valence-corrected chi connectivity index (χ2v) is 5.36. The van der Waals surface area contributed by atoms with Crippen LogP contribution in [0.2, 0.25) is 0 Å². The van der Waals surface area contributed by atoms with Gasteiger partial charge in [-0.2, -0.15) is 0 Å². The van der Waals surface area contributed by atoms with Crippen LogP contribution < -0.4 is 0 Å². The standard InChI is InChI=1S/C12H23NO2/c1-9(2)12(4,15)8-13-6-5-11(14)10(3)7-13/h9-10,15H,5-8H2,1-4H3. The van der Waals surface area contributed by atoms with E-state index in [-0.39, 0.29) is 11.8 Å². The number of carbonyl (C=O) groups is 1. The molecular formula is C12H23NO2. The molecule has 3 nitrogen and oxygen atoms in total. The molecule has 0 bridgehead atoms. The van der Waals surface area contributed by atoms with Crippen LogP contribution in [0.3, 0.4) is 0 Å². The molecular weight excluding hydrogens is 190 g/mol. The number of nitrogens with zero attached hydrogens (tertiary/aromatic N) is 1.